The average Bonchev–Trinajstić information content (AvgIpc) is 3.06. The number of likely N-dealkylation sites (N-methyl/N-ethyl adjacent to an activating group) is 1. The Morgan fingerprint density at radius 2 is 2.13 bits per heavy atom. The van der Waals surface area contributed by atoms with Crippen molar-refractivity contribution < 1.29 is 8.60 Å². The molecule has 0 fully saturated rings. The molecule has 1 aliphatic rings. The van der Waals surface area contributed by atoms with Crippen molar-refractivity contribution in [3.8, 4) is 0 Å². The molecule has 0 amide bonds. The van der Waals surface area contributed by atoms with Crippen LogP contribution in [0.25, 0.3) is 0 Å². The van der Waals surface area contributed by atoms with Crippen LogP contribution in [0.2, 0.25) is 0 Å². The topological polar surface area (TPSA) is 71.6 Å². The third-order valence-electron chi connectivity index (χ3n) is 4.54. The van der Waals surface area contributed by atoms with Crippen molar-refractivity contribution in [1.29, 1.82) is 0 Å². The van der Waals surface area contributed by atoms with E-state index >= 15 is 0 Å². The van der Waals surface area contributed by atoms with Crippen molar-refractivity contribution in [2.24, 2.45) is 8.94 Å². The molecular weight excluding hydrogens is 538 g/mol. The van der Waals surface area contributed by atoms with E-state index in [0.29, 0.717) is 39.0 Å². The maximum atomic E-state index is 14.4. The summed E-state index contributed by atoms with van der Waals surface area (Å²) in [6.07, 6.45) is 3.17. The van der Waals surface area contributed by atoms with Gasteiger partial charge in [0.05, 0.1) is 31.7 Å². The number of aromatic nitrogens is 1. The van der Waals surface area contributed by atoms with Gasteiger partial charge >= 0.3 is 0 Å². The van der Waals surface area contributed by atoms with Crippen LogP contribution in [0.3, 0.4) is 0 Å². The molecule has 164 valence electrons. The molecule has 2 N–H and O–H groups in total. The number of halogens is 3. The number of pyridine rings is 1. The summed E-state index contributed by atoms with van der Waals surface area (Å²) in [7, 11) is -0.791. The molecule has 0 radical (unpaired) electrons. The molecule has 0 saturated carbocycles. The summed E-state index contributed by atoms with van der Waals surface area (Å²) < 4.78 is 33.1. The Labute approximate surface area is 193 Å². The molecule has 1 unspecified atom stereocenters. The second kappa shape index (κ2) is 9.32. The minimum absolute atomic E-state index is 0.288. The number of hydrogen-bond donors (Lipinski definition) is 1. The largest absolute Gasteiger partial charge is 0.401 e. The third kappa shape index (κ3) is 5.39. The molecule has 1 aromatic heterocycles. The zero-order valence-corrected chi connectivity index (χ0v) is 21.5. The summed E-state index contributed by atoms with van der Waals surface area (Å²) in [5, 5.41) is 0.288. The zero-order chi connectivity index (χ0) is 22.9. The predicted molar refractivity (Wildman–Crippen MR) is 137 cm³/mol. The van der Waals surface area contributed by atoms with E-state index < -0.39 is 36.2 Å². The van der Waals surface area contributed by atoms with Crippen LogP contribution < -0.4 is 5.73 Å². The molecule has 30 heavy (non-hydrogen) atoms. The Bertz CT molecular complexity index is 1090. The summed E-state index contributed by atoms with van der Waals surface area (Å²) in [5.41, 5.74) is 6.42. The molecule has 1 aliphatic heterocycles. The summed E-state index contributed by atoms with van der Waals surface area (Å²) in [6.45, 7) is 10.6. The van der Waals surface area contributed by atoms with Gasteiger partial charge in [-0.1, -0.05) is 25.1 Å². The molecule has 1 atom stereocenters. The van der Waals surface area contributed by atoms with Crippen LogP contribution in [0.4, 0.5) is 4.39 Å². The highest BCUT2D eigenvalue weighted by atomic mass is 127. The zero-order valence-electron chi connectivity index (χ0n) is 17.8. The van der Waals surface area contributed by atoms with E-state index in [9.17, 15) is 8.60 Å². The number of rotatable bonds is 7. The van der Waals surface area contributed by atoms with Crippen LogP contribution in [0.5, 0.6) is 0 Å². The van der Waals surface area contributed by atoms with Gasteiger partial charge in [-0.05, 0) is 59.9 Å². The van der Waals surface area contributed by atoms with Crippen LogP contribution in [0, 0.1) is 0 Å². The molecule has 0 saturated heterocycles. The lowest BCUT2D eigenvalue weighted by Gasteiger charge is -2.23. The molecule has 9 heteroatoms. The maximum Gasteiger partial charge on any atom is 0.146 e. The van der Waals surface area contributed by atoms with Gasteiger partial charge in [-0.3, -0.25) is 9.19 Å². The number of nitrogens with zero attached hydrogens (tertiary/aromatic N) is 3. The van der Waals surface area contributed by atoms with E-state index in [2.05, 4.69) is 20.6 Å². The van der Waals surface area contributed by atoms with Crippen molar-refractivity contribution >= 4 is 57.5 Å². The molecule has 0 bridgehead atoms. The molecule has 2 rings (SSSR count). The normalized spacial score (nSPS) is 18.1. The Balaban J connectivity index is 2.43. The lowest BCUT2D eigenvalue weighted by Crippen LogP contribution is -2.32. The SMILES string of the molecule is C=C(C1=NI=C(c2cc(C(C)(C)F)ccn2)N1C)/C(=C\C(Cl)=C(/C)N)S(=C)(=O)CC. The van der Waals surface area contributed by atoms with Gasteiger partial charge in [-0.15, -0.1) is 0 Å². The Morgan fingerprint density at radius 1 is 1.50 bits per heavy atom. The number of amidine groups is 1. The number of nitrogens with two attached hydrogens (primary N) is 1. The van der Waals surface area contributed by atoms with Gasteiger partial charge in [-0.2, -0.15) is 0 Å². The smallest absolute Gasteiger partial charge is 0.146 e. The van der Waals surface area contributed by atoms with E-state index in [1.807, 2.05) is 11.9 Å². The van der Waals surface area contributed by atoms with E-state index in [4.69, 9.17) is 17.3 Å². The fourth-order valence-electron chi connectivity index (χ4n) is 2.58. The van der Waals surface area contributed by atoms with Gasteiger partial charge in [0.25, 0.3) is 0 Å². The first kappa shape index (κ1) is 24.7. The second-order valence-corrected chi connectivity index (χ2v) is 12.4. The predicted octanol–water partition coefficient (Wildman–Crippen LogP) is 4.60. The first-order chi connectivity index (χ1) is 13.8. The van der Waals surface area contributed by atoms with Gasteiger partial charge in [0, 0.05) is 35.2 Å². The first-order valence-corrected chi connectivity index (χ1v) is 13.5. The van der Waals surface area contributed by atoms with Crippen LogP contribution in [-0.2, 0) is 15.2 Å². The first-order valence-electron chi connectivity index (χ1n) is 9.16. The van der Waals surface area contributed by atoms with E-state index in [0.717, 1.165) is 3.63 Å². The van der Waals surface area contributed by atoms with Crippen molar-refractivity contribution in [3.63, 3.8) is 0 Å². The molecule has 0 aromatic carbocycles. The highest BCUT2D eigenvalue weighted by Crippen LogP contribution is 2.31. The minimum atomic E-state index is -2.64. The van der Waals surface area contributed by atoms with E-state index in [1.54, 1.807) is 38.3 Å². The van der Waals surface area contributed by atoms with Crippen LogP contribution >= 0.6 is 32.6 Å². The van der Waals surface area contributed by atoms with E-state index in [1.165, 1.54) is 13.8 Å². The lowest BCUT2D eigenvalue weighted by atomic mass is 10.0. The minimum Gasteiger partial charge on any atom is -0.401 e. The number of allylic oxidation sites excluding steroid dienone is 3. The fourth-order valence-corrected chi connectivity index (χ4v) is 6.11. The molecular formula is C21H27ClFIN4OS. The Hall–Kier alpha value is -1.52. The van der Waals surface area contributed by atoms with Gasteiger partial charge in [-0.25, -0.2) is 7.60 Å². The summed E-state index contributed by atoms with van der Waals surface area (Å²) in [4.78, 5) is 6.70. The lowest BCUT2D eigenvalue weighted by molar-refractivity contribution is 0.221. The number of hydrogen-bond acceptors (Lipinski definition) is 5. The van der Waals surface area contributed by atoms with Crippen molar-refractivity contribution in [3.05, 3.63) is 63.4 Å². The fraction of sp³-hybridized carbons (Fsp3) is 0.333. The highest BCUT2D eigenvalue weighted by molar-refractivity contribution is 14.2. The van der Waals surface area contributed by atoms with Gasteiger partial charge in [0.1, 0.15) is 15.1 Å². The van der Waals surface area contributed by atoms with Crippen LogP contribution in [0.1, 0.15) is 39.0 Å². The summed E-state index contributed by atoms with van der Waals surface area (Å²) in [6, 6.07) is 3.42. The second-order valence-electron chi connectivity index (χ2n) is 7.36. The quantitative estimate of drug-likeness (QED) is 0.299. The van der Waals surface area contributed by atoms with Gasteiger partial charge < -0.3 is 10.6 Å². The van der Waals surface area contributed by atoms with Crippen LogP contribution in [-0.4, -0.2) is 42.2 Å². The molecule has 5 nitrogen and oxygen atoms in total. The van der Waals surface area contributed by atoms with Crippen LogP contribution in [0.15, 0.2) is 55.4 Å². The summed E-state index contributed by atoms with van der Waals surface area (Å²) in [5.74, 6) is 4.79. The molecule has 0 spiro atoms. The third-order valence-corrected chi connectivity index (χ3v) is 9.48. The Morgan fingerprint density at radius 3 is 2.67 bits per heavy atom. The molecule has 0 aliphatic carbocycles. The number of alkyl halides is 1. The molecule has 1 aromatic rings. The standard InChI is InChI=1S/C21H27ClFIN4OS/c1-8-30(7,29)18(12-16(22)14(3)25)13(2)20-27-24-19(28(20)6)17-11-15(9-10-26-17)21(4,5)23/h9-12H,2,7-8,25H2,1,3-6H3/b16-14-,18-12+. The Kier molecular flexibility index (Phi) is 7.68. The van der Waals surface area contributed by atoms with Crippen molar-refractivity contribution in [2.75, 3.05) is 12.8 Å². The van der Waals surface area contributed by atoms with Crippen molar-refractivity contribution in [1.82, 2.24) is 9.88 Å². The van der Waals surface area contributed by atoms with Gasteiger partial charge in [0.15, 0.2) is 0 Å². The monoisotopic (exact) mass is 564 g/mol. The van der Waals surface area contributed by atoms with Gasteiger partial charge in [0.2, 0.25) is 0 Å². The average molecular weight is 565 g/mol. The van der Waals surface area contributed by atoms with E-state index in [-0.39, 0.29) is 5.03 Å². The molecule has 2 heterocycles. The maximum absolute atomic E-state index is 14.4. The highest BCUT2D eigenvalue weighted by Gasteiger charge is 2.28. The van der Waals surface area contributed by atoms with Crippen molar-refractivity contribution in [2.45, 2.75) is 33.4 Å². The summed E-state index contributed by atoms with van der Waals surface area (Å²) >= 11 is 5.44.